The Kier molecular flexibility index (Phi) is 1.10. The first-order chi connectivity index (χ1) is 3.71. The first-order valence-corrected chi connectivity index (χ1v) is 2.47. The van der Waals surface area contributed by atoms with Crippen molar-refractivity contribution in [3.63, 3.8) is 0 Å². The lowest BCUT2D eigenvalue weighted by atomic mass is 10.1. The summed E-state index contributed by atoms with van der Waals surface area (Å²) in [4.78, 5) is 18.7. The van der Waals surface area contributed by atoms with Gasteiger partial charge in [0.1, 0.15) is 0 Å². The lowest BCUT2D eigenvalue weighted by Crippen LogP contribution is -2.19. The van der Waals surface area contributed by atoms with Crippen LogP contribution in [0, 0.1) is 5.92 Å². The van der Waals surface area contributed by atoms with E-state index in [-0.39, 0.29) is 5.92 Å². The van der Waals surface area contributed by atoms with Crippen molar-refractivity contribution in [2.75, 3.05) is 0 Å². The van der Waals surface area contributed by atoms with Crippen LogP contribution in [-0.2, 0) is 14.6 Å². The standard InChI is InChI=1S/C5H7O3/c1-4(2)5(3-6)7-8-5/h4H,1-2H3. The van der Waals surface area contributed by atoms with Crippen molar-refractivity contribution in [2.45, 2.75) is 19.6 Å². The van der Waals surface area contributed by atoms with Gasteiger partial charge >= 0.3 is 5.79 Å². The summed E-state index contributed by atoms with van der Waals surface area (Å²) < 4.78 is 0. The average molecular weight is 115 g/mol. The fraction of sp³-hybridized carbons (Fsp3) is 0.800. The van der Waals surface area contributed by atoms with Gasteiger partial charge in [-0.2, -0.15) is 9.78 Å². The molecule has 3 nitrogen and oxygen atoms in total. The highest BCUT2D eigenvalue weighted by Crippen LogP contribution is 2.34. The van der Waals surface area contributed by atoms with E-state index in [0.29, 0.717) is 0 Å². The minimum Gasteiger partial charge on any atom is -0.284 e. The van der Waals surface area contributed by atoms with Crippen LogP contribution < -0.4 is 0 Å². The Hall–Kier alpha value is -0.410. The number of rotatable bonds is 2. The predicted octanol–water partition coefficient (Wildman–Crippen LogP) is 0.410. The minimum absolute atomic E-state index is 0.0556. The fourth-order valence-electron chi connectivity index (χ4n) is 0.389. The van der Waals surface area contributed by atoms with Crippen LogP contribution in [0.15, 0.2) is 0 Å². The van der Waals surface area contributed by atoms with Crippen molar-refractivity contribution in [1.82, 2.24) is 0 Å². The van der Waals surface area contributed by atoms with Gasteiger partial charge in [0, 0.05) is 5.92 Å². The first kappa shape index (κ1) is 5.72. The smallest absolute Gasteiger partial charge is 0.284 e. The molecule has 0 spiro atoms. The van der Waals surface area contributed by atoms with E-state index >= 15 is 0 Å². The van der Waals surface area contributed by atoms with Gasteiger partial charge in [0.05, 0.1) is 0 Å². The Bertz CT molecular complexity index is 104. The lowest BCUT2D eigenvalue weighted by molar-refractivity contribution is 0.0850. The highest BCUT2D eigenvalue weighted by Gasteiger charge is 2.53. The van der Waals surface area contributed by atoms with E-state index in [4.69, 9.17) is 0 Å². The molecule has 0 amide bonds. The summed E-state index contributed by atoms with van der Waals surface area (Å²) in [6.45, 7) is 3.66. The SMILES string of the molecule is CC(C)C1([C]=O)OO1. The van der Waals surface area contributed by atoms with Crippen LogP contribution in [0.3, 0.4) is 0 Å². The zero-order valence-corrected chi connectivity index (χ0v) is 4.80. The largest absolute Gasteiger partial charge is 0.301 e. The van der Waals surface area contributed by atoms with Gasteiger partial charge in [-0.25, -0.2) is 0 Å². The van der Waals surface area contributed by atoms with E-state index in [2.05, 4.69) is 9.78 Å². The van der Waals surface area contributed by atoms with Gasteiger partial charge in [-0.15, -0.1) is 0 Å². The van der Waals surface area contributed by atoms with Crippen LogP contribution in [0.4, 0.5) is 0 Å². The molecule has 0 aromatic carbocycles. The second-order valence-corrected chi connectivity index (χ2v) is 2.09. The zero-order valence-electron chi connectivity index (χ0n) is 4.80. The summed E-state index contributed by atoms with van der Waals surface area (Å²) in [5, 5.41) is 0. The molecule has 0 aromatic heterocycles. The average Bonchev–Trinajstić information content (AvgIpc) is 2.44. The molecule has 1 aliphatic rings. The molecule has 8 heavy (non-hydrogen) atoms. The van der Waals surface area contributed by atoms with Crippen LogP contribution in [0.5, 0.6) is 0 Å². The summed E-state index contributed by atoms with van der Waals surface area (Å²) >= 11 is 0. The second-order valence-electron chi connectivity index (χ2n) is 2.09. The topological polar surface area (TPSA) is 42.1 Å². The molecule has 0 unspecified atom stereocenters. The first-order valence-electron chi connectivity index (χ1n) is 2.47. The Labute approximate surface area is 47.5 Å². The number of hydrogen-bond acceptors (Lipinski definition) is 3. The highest BCUT2D eigenvalue weighted by atomic mass is 17.4. The monoisotopic (exact) mass is 115 g/mol. The molecule has 3 heteroatoms. The zero-order chi connectivity index (χ0) is 6.20. The van der Waals surface area contributed by atoms with Gasteiger partial charge in [-0.05, 0) is 0 Å². The quantitative estimate of drug-likeness (QED) is 0.386. The van der Waals surface area contributed by atoms with Gasteiger partial charge in [-0.1, -0.05) is 13.8 Å². The van der Waals surface area contributed by atoms with Gasteiger partial charge in [0.2, 0.25) is 0 Å². The summed E-state index contributed by atoms with van der Waals surface area (Å²) in [5.41, 5.74) is 0. The van der Waals surface area contributed by atoms with Crippen molar-refractivity contribution < 1.29 is 14.6 Å². The third-order valence-corrected chi connectivity index (χ3v) is 1.17. The van der Waals surface area contributed by atoms with Crippen molar-refractivity contribution in [1.29, 1.82) is 0 Å². The van der Waals surface area contributed by atoms with E-state index in [1.165, 1.54) is 0 Å². The van der Waals surface area contributed by atoms with Crippen molar-refractivity contribution in [3.8, 4) is 0 Å². The maximum atomic E-state index is 9.96. The molecule has 0 atom stereocenters. The second kappa shape index (κ2) is 1.53. The Morgan fingerprint density at radius 2 is 2.00 bits per heavy atom. The lowest BCUT2D eigenvalue weighted by Gasteiger charge is -1.97. The molecule has 0 N–H and O–H groups in total. The van der Waals surface area contributed by atoms with E-state index < -0.39 is 5.79 Å². The van der Waals surface area contributed by atoms with E-state index in [1.807, 2.05) is 13.8 Å². The molecule has 1 fully saturated rings. The molecular formula is C5H7O3. The molecule has 1 aliphatic heterocycles. The Morgan fingerprint density at radius 1 is 1.50 bits per heavy atom. The van der Waals surface area contributed by atoms with Gasteiger partial charge in [-0.3, -0.25) is 4.79 Å². The molecule has 0 aromatic rings. The maximum Gasteiger partial charge on any atom is 0.301 e. The normalized spacial score (nSPS) is 23.4. The highest BCUT2D eigenvalue weighted by molar-refractivity contribution is 5.63. The van der Waals surface area contributed by atoms with Crippen LogP contribution in [0.1, 0.15) is 13.8 Å². The minimum atomic E-state index is -1.01. The molecule has 1 saturated heterocycles. The Balaban J connectivity index is 2.53. The third-order valence-electron chi connectivity index (χ3n) is 1.17. The molecule has 1 radical (unpaired) electrons. The van der Waals surface area contributed by atoms with Crippen LogP contribution >= 0.6 is 0 Å². The maximum absolute atomic E-state index is 9.96. The van der Waals surface area contributed by atoms with Crippen LogP contribution in [0.2, 0.25) is 0 Å². The molecule has 0 bridgehead atoms. The van der Waals surface area contributed by atoms with E-state index in [0.717, 1.165) is 0 Å². The summed E-state index contributed by atoms with van der Waals surface area (Å²) in [6.07, 6.45) is 1.66. The van der Waals surface area contributed by atoms with Crippen LogP contribution in [0.25, 0.3) is 0 Å². The van der Waals surface area contributed by atoms with Gasteiger partial charge < -0.3 is 0 Å². The number of carbonyl (C=O) groups excluding carboxylic acids is 1. The van der Waals surface area contributed by atoms with Gasteiger partial charge in [0.15, 0.2) is 0 Å². The molecule has 1 heterocycles. The summed E-state index contributed by atoms with van der Waals surface area (Å²) in [5.74, 6) is -0.958. The molecule has 0 aliphatic carbocycles. The summed E-state index contributed by atoms with van der Waals surface area (Å²) in [6, 6.07) is 0. The van der Waals surface area contributed by atoms with Gasteiger partial charge in [0.25, 0.3) is 6.29 Å². The number of hydrogen-bond donors (Lipinski definition) is 0. The third kappa shape index (κ3) is 0.638. The summed E-state index contributed by atoms with van der Waals surface area (Å²) in [7, 11) is 0. The van der Waals surface area contributed by atoms with Crippen molar-refractivity contribution in [3.05, 3.63) is 0 Å². The fourth-order valence-corrected chi connectivity index (χ4v) is 0.389. The molecular weight excluding hydrogens is 108 g/mol. The Morgan fingerprint density at radius 3 is 2.00 bits per heavy atom. The molecule has 0 saturated carbocycles. The molecule has 45 valence electrons. The van der Waals surface area contributed by atoms with E-state index in [9.17, 15) is 4.79 Å². The van der Waals surface area contributed by atoms with Crippen LogP contribution in [-0.4, -0.2) is 12.1 Å². The predicted molar refractivity (Wildman–Crippen MR) is 25.4 cm³/mol. The van der Waals surface area contributed by atoms with Crippen molar-refractivity contribution in [2.24, 2.45) is 5.92 Å². The van der Waals surface area contributed by atoms with Crippen molar-refractivity contribution >= 4 is 6.29 Å². The van der Waals surface area contributed by atoms with E-state index in [1.54, 1.807) is 6.29 Å². The molecule has 1 rings (SSSR count).